The Morgan fingerprint density at radius 2 is 2.16 bits per heavy atom. The number of fused-ring (bicyclic) bond motifs is 1. The number of hydrogen-bond donors (Lipinski definition) is 0. The molecule has 2 aromatic heterocycles. The fourth-order valence-electron chi connectivity index (χ4n) is 1.64. The Kier molecular flexibility index (Phi) is 3.27. The molecule has 0 radical (unpaired) electrons. The Labute approximate surface area is 108 Å². The van der Waals surface area contributed by atoms with Gasteiger partial charge in [-0.25, -0.2) is 22.6 Å². The van der Waals surface area contributed by atoms with Crippen molar-refractivity contribution < 1.29 is 22.3 Å². The van der Waals surface area contributed by atoms with Crippen LogP contribution in [0.15, 0.2) is 23.4 Å². The summed E-state index contributed by atoms with van der Waals surface area (Å²) in [4.78, 5) is 15.7. The van der Waals surface area contributed by atoms with E-state index >= 15 is 0 Å². The van der Waals surface area contributed by atoms with Crippen molar-refractivity contribution in [2.75, 3.05) is 12.9 Å². The smallest absolute Gasteiger partial charge is 0.358 e. The number of hydrogen-bond acceptors (Lipinski definition) is 5. The Morgan fingerprint density at radius 3 is 2.74 bits per heavy atom. The summed E-state index contributed by atoms with van der Waals surface area (Å²) in [5.41, 5.74) is -0.135. The summed E-state index contributed by atoms with van der Waals surface area (Å²) in [5, 5.41) is -0.420. The van der Waals surface area contributed by atoms with Gasteiger partial charge in [0.15, 0.2) is 20.6 Å². The number of rotatable bonds is 3. The highest BCUT2D eigenvalue weighted by atomic mass is 32.2. The molecular weight excluding hydrogens is 275 g/mol. The molecule has 0 saturated carbocycles. The third-order valence-electron chi connectivity index (χ3n) is 2.37. The number of halogens is 1. The van der Waals surface area contributed by atoms with Crippen LogP contribution in [0.3, 0.4) is 0 Å². The normalized spacial score (nSPS) is 11.7. The van der Waals surface area contributed by atoms with Crippen molar-refractivity contribution in [1.29, 1.82) is 0 Å². The third-order valence-corrected chi connectivity index (χ3v) is 3.36. The zero-order valence-corrected chi connectivity index (χ0v) is 11.1. The fourth-order valence-corrected chi connectivity index (χ4v) is 2.43. The number of imidazole rings is 1. The molecule has 0 aliphatic rings. The van der Waals surface area contributed by atoms with Crippen molar-refractivity contribution in [2.24, 2.45) is 0 Å². The summed E-state index contributed by atoms with van der Waals surface area (Å²) < 4.78 is 42.4. The van der Waals surface area contributed by atoms with Gasteiger partial charge in [0.2, 0.25) is 0 Å². The van der Waals surface area contributed by atoms with Crippen LogP contribution in [0.4, 0.5) is 4.39 Å². The lowest BCUT2D eigenvalue weighted by Crippen LogP contribution is -2.13. The van der Waals surface area contributed by atoms with Crippen LogP contribution >= 0.6 is 0 Å². The van der Waals surface area contributed by atoms with Crippen molar-refractivity contribution in [1.82, 2.24) is 9.38 Å². The van der Waals surface area contributed by atoms with Crippen LogP contribution in [0.2, 0.25) is 0 Å². The summed E-state index contributed by atoms with van der Waals surface area (Å²) in [6.45, 7) is 1.66. The standard InChI is InChI=1S/C11H11FN2O4S/c1-3-18-11(15)9-10(19(2,16)17)13-8-5-4-7(12)6-14(8)9/h4-6H,3H2,1-2H3. The van der Waals surface area contributed by atoms with Crippen molar-refractivity contribution >= 4 is 21.5 Å². The number of carbonyl (C=O) groups is 1. The zero-order chi connectivity index (χ0) is 14.2. The predicted molar refractivity (Wildman–Crippen MR) is 64.2 cm³/mol. The largest absolute Gasteiger partial charge is 0.461 e. The molecule has 2 heterocycles. The molecule has 0 aromatic carbocycles. The number of carbonyl (C=O) groups excluding carboxylic acids is 1. The minimum absolute atomic E-state index is 0.0740. The lowest BCUT2D eigenvalue weighted by Gasteiger charge is -2.03. The maximum absolute atomic E-state index is 13.2. The summed E-state index contributed by atoms with van der Waals surface area (Å²) in [7, 11) is -3.73. The highest BCUT2D eigenvalue weighted by Gasteiger charge is 2.27. The number of nitrogens with zero attached hydrogens (tertiary/aromatic N) is 2. The second-order valence-electron chi connectivity index (χ2n) is 3.83. The molecule has 2 aromatic rings. The summed E-state index contributed by atoms with van der Waals surface area (Å²) in [6, 6.07) is 2.41. The van der Waals surface area contributed by atoms with Gasteiger partial charge in [-0.15, -0.1) is 0 Å². The minimum Gasteiger partial charge on any atom is -0.461 e. The highest BCUT2D eigenvalue weighted by molar-refractivity contribution is 7.90. The van der Waals surface area contributed by atoms with Crippen LogP contribution in [-0.2, 0) is 14.6 Å². The number of esters is 1. The summed E-state index contributed by atoms with van der Waals surface area (Å²) >= 11 is 0. The van der Waals surface area contributed by atoms with Crippen LogP contribution < -0.4 is 0 Å². The van der Waals surface area contributed by atoms with E-state index in [0.29, 0.717) is 0 Å². The number of ether oxygens (including phenoxy) is 1. The van der Waals surface area contributed by atoms with Crippen LogP contribution in [0.25, 0.3) is 5.65 Å². The Morgan fingerprint density at radius 1 is 1.47 bits per heavy atom. The van der Waals surface area contributed by atoms with Crippen LogP contribution in [0, 0.1) is 5.82 Å². The second-order valence-corrected chi connectivity index (χ2v) is 5.76. The summed E-state index contributed by atoms with van der Waals surface area (Å²) in [5.74, 6) is -1.48. The lowest BCUT2D eigenvalue weighted by atomic mass is 10.4. The van der Waals surface area contributed by atoms with Crippen LogP contribution in [0.1, 0.15) is 17.4 Å². The van der Waals surface area contributed by atoms with E-state index in [1.165, 1.54) is 6.07 Å². The SMILES string of the molecule is CCOC(=O)c1c(S(C)(=O)=O)nc2ccc(F)cn12. The maximum atomic E-state index is 13.2. The lowest BCUT2D eigenvalue weighted by molar-refractivity contribution is 0.0513. The van der Waals surface area contributed by atoms with Gasteiger partial charge in [-0.2, -0.15) is 0 Å². The molecule has 0 N–H and O–H groups in total. The first-order valence-electron chi connectivity index (χ1n) is 5.39. The first kappa shape index (κ1) is 13.5. The van der Waals surface area contributed by atoms with Crippen molar-refractivity contribution in [2.45, 2.75) is 11.9 Å². The van der Waals surface area contributed by atoms with E-state index in [0.717, 1.165) is 22.9 Å². The van der Waals surface area contributed by atoms with Crippen molar-refractivity contribution in [3.05, 3.63) is 29.8 Å². The van der Waals surface area contributed by atoms with Crippen molar-refractivity contribution in [3.8, 4) is 0 Å². The van der Waals surface area contributed by atoms with E-state index in [-0.39, 0.29) is 17.9 Å². The Balaban J connectivity index is 2.81. The van der Waals surface area contributed by atoms with E-state index in [9.17, 15) is 17.6 Å². The topological polar surface area (TPSA) is 77.7 Å². The van der Waals surface area contributed by atoms with E-state index < -0.39 is 26.6 Å². The van der Waals surface area contributed by atoms with Gasteiger partial charge in [-0.1, -0.05) is 0 Å². The molecule has 0 saturated heterocycles. The Hall–Kier alpha value is -1.96. The van der Waals surface area contributed by atoms with Gasteiger partial charge in [-0.3, -0.25) is 4.40 Å². The van der Waals surface area contributed by atoms with E-state index in [1.807, 2.05) is 0 Å². The molecule has 6 nitrogen and oxygen atoms in total. The van der Waals surface area contributed by atoms with Crippen LogP contribution in [0.5, 0.6) is 0 Å². The van der Waals surface area contributed by atoms with Crippen LogP contribution in [-0.4, -0.2) is 36.6 Å². The molecule has 8 heteroatoms. The zero-order valence-electron chi connectivity index (χ0n) is 10.3. The molecule has 0 atom stereocenters. The highest BCUT2D eigenvalue weighted by Crippen LogP contribution is 2.19. The molecule has 0 spiro atoms. The molecule has 0 aliphatic carbocycles. The molecular formula is C11H11FN2O4S. The van der Waals surface area contributed by atoms with E-state index in [1.54, 1.807) is 6.92 Å². The number of aromatic nitrogens is 2. The molecule has 0 bridgehead atoms. The van der Waals surface area contributed by atoms with E-state index in [4.69, 9.17) is 4.74 Å². The van der Waals surface area contributed by atoms with Gasteiger partial charge >= 0.3 is 5.97 Å². The molecule has 0 aliphatic heterocycles. The molecule has 102 valence electrons. The average molecular weight is 286 g/mol. The first-order valence-corrected chi connectivity index (χ1v) is 7.28. The predicted octanol–water partition coefficient (Wildman–Crippen LogP) is 1.05. The molecule has 0 fully saturated rings. The molecule has 19 heavy (non-hydrogen) atoms. The molecule has 0 unspecified atom stereocenters. The minimum atomic E-state index is -3.73. The fraction of sp³-hybridized carbons (Fsp3) is 0.273. The number of sulfone groups is 1. The monoisotopic (exact) mass is 286 g/mol. The quantitative estimate of drug-likeness (QED) is 0.788. The van der Waals surface area contributed by atoms with Gasteiger partial charge in [0.05, 0.1) is 6.61 Å². The number of pyridine rings is 1. The van der Waals surface area contributed by atoms with Gasteiger partial charge in [-0.05, 0) is 19.1 Å². The van der Waals surface area contributed by atoms with Gasteiger partial charge in [0, 0.05) is 12.5 Å². The average Bonchev–Trinajstić information content (AvgIpc) is 2.67. The molecule has 2 rings (SSSR count). The van der Waals surface area contributed by atoms with Crippen molar-refractivity contribution in [3.63, 3.8) is 0 Å². The third kappa shape index (κ3) is 2.43. The summed E-state index contributed by atoms with van der Waals surface area (Å²) in [6.07, 6.45) is 1.91. The first-order chi connectivity index (χ1) is 8.84. The maximum Gasteiger partial charge on any atom is 0.358 e. The van der Waals surface area contributed by atoms with Gasteiger partial charge in [0.25, 0.3) is 0 Å². The van der Waals surface area contributed by atoms with Gasteiger partial charge in [0.1, 0.15) is 11.5 Å². The second kappa shape index (κ2) is 4.61. The molecule has 0 amide bonds. The van der Waals surface area contributed by atoms with Gasteiger partial charge < -0.3 is 4.74 Å². The Bertz CT molecular complexity index is 751. The van der Waals surface area contributed by atoms with E-state index in [2.05, 4.69) is 4.98 Å².